The van der Waals surface area contributed by atoms with E-state index in [0.29, 0.717) is 25.4 Å². The number of hydrogen-bond acceptors (Lipinski definition) is 4. The Balaban J connectivity index is 1.46. The van der Waals surface area contributed by atoms with Crippen LogP contribution in [0.3, 0.4) is 0 Å². The summed E-state index contributed by atoms with van der Waals surface area (Å²) in [5.74, 6) is 0.746. The van der Waals surface area contributed by atoms with E-state index in [1.807, 2.05) is 30.3 Å². The summed E-state index contributed by atoms with van der Waals surface area (Å²) in [4.78, 5) is 0. The van der Waals surface area contributed by atoms with Crippen molar-refractivity contribution in [3.05, 3.63) is 77.4 Å². The van der Waals surface area contributed by atoms with Gasteiger partial charge in [-0.05, 0) is 73.6 Å². The zero-order chi connectivity index (χ0) is 25.5. The van der Waals surface area contributed by atoms with Crippen molar-refractivity contribution in [1.29, 1.82) is 0 Å². The lowest BCUT2D eigenvalue weighted by Gasteiger charge is -2.28. The van der Waals surface area contributed by atoms with Gasteiger partial charge < -0.3 is 0 Å². The van der Waals surface area contributed by atoms with E-state index >= 15 is 0 Å². The van der Waals surface area contributed by atoms with Gasteiger partial charge in [-0.1, -0.05) is 67.6 Å². The molecule has 0 heterocycles. The molecule has 2 aromatic rings. The third-order valence-electron chi connectivity index (χ3n) is 6.74. The Morgan fingerprint density at radius 3 is 2.17 bits per heavy atom. The second-order valence-electron chi connectivity index (χ2n) is 9.77. The maximum absolute atomic E-state index is 12.3. The molecule has 0 saturated heterocycles. The Hall–Kier alpha value is -2.00. The lowest BCUT2D eigenvalue weighted by Crippen LogP contribution is -2.36. The molecule has 0 aromatic heterocycles. The zero-order valence-corrected chi connectivity index (χ0v) is 22.5. The van der Waals surface area contributed by atoms with Gasteiger partial charge in [-0.25, -0.2) is 26.3 Å². The normalized spacial score (nSPS) is 17.8. The van der Waals surface area contributed by atoms with Crippen LogP contribution >= 0.6 is 0 Å². The lowest BCUT2D eigenvalue weighted by molar-refractivity contribution is 0.334. The molecule has 0 aliphatic heterocycles. The largest absolute Gasteiger partial charge is 0.215 e. The molecule has 2 atom stereocenters. The summed E-state index contributed by atoms with van der Waals surface area (Å²) in [6.45, 7) is 6.36. The average molecular weight is 519 g/mol. The second kappa shape index (κ2) is 12.3. The van der Waals surface area contributed by atoms with Crippen molar-refractivity contribution < 1.29 is 16.8 Å². The SMILES string of the molecule is CC(CNS(=O)(=O)C(C)C)C1CC=C(c2ccc(CCNS(=O)(=O)Cc3ccccc3)cc2)CC1. The van der Waals surface area contributed by atoms with Crippen molar-refractivity contribution in [2.75, 3.05) is 13.1 Å². The first-order valence-corrected chi connectivity index (χ1v) is 15.5. The molecule has 0 spiro atoms. The van der Waals surface area contributed by atoms with Crippen molar-refractivity contribution in [1.82, 2.24) is 9.44 Å². The molecular weight excluding hydrogens is 480 g/mol. The molecule has 2 aromatic carbocycles. The monoisotopic (exact) mass is 518 g/mol. The van der Waals surface area contributed by atoms with Crippen LogP contribution in [0.2, 0.25) is 0 Å². The first-order valence-electron chi connectivity index (χ1n) is 12.3. The summed E-state index contributed by atoms with van der Waals surface area (Å²) >= 11 is 0. The summed E-state index contributed by atoms with van der Waals surface area (Å²) < 4.78 is 54.1. The molecule has 0 amide bonds. The van der Waals surface area contributed by atoms with Crippen LogP contribution in [0.1, 0.15) is 56.7 Å². The van der Waals surface area contributed by atoms with Crippen LogP contribution in [0.4, 0.5) is 0 Å². The first kappa shape index (κ1) is 27.6. The van der Waals surface area contributed by atoms with Crippen LogP contribution in [0.25, 0.3) is 5.57 Å². The van der Waals surface area contributed by atoms with Gasteiger partial charge in [-0.15, -0.1) is 0 Å². The van der Waals surface area contributed by atoms with Crippen LogP contribution in [-0.2, 0) is 32.2 Å². The molecule has 0 radical (unpaired) electrons. The van der Waals surface area contributed by atoms with Crippen LogP contribution in [0, 0.1) is 11.8 Å². The van der Waals surface area contributed by atoms with E-state index in [1.54, 1.807) is 13.8 Å². The topological polar surface area (TPSA) is 92.3 Å². The standard InChI is InChI=1S/C27H38N2O4S2/c1-21(2)35(32,33)29-19-22(3)25-13-15-27(16-14-25)26-11-9-23(10-12-26)17-18-28-34(30,31)20-24-7-5-4-6-8-24/h4-12,15,21-22,25,28-29H,13-14,16-20H2,1-3H3. The predicted octanol–water partition coefficient (Wildman–Crippen LogP) is 4.50. The van der Waals surface area contributed by atoms with E-state index in [4.69, 9.17) is 0 Å². The van der Waals surface area contributed by atoms with Crippen molar-refractivity contribution in [3.8, 4) is 0 Å². The molecule has 1 aliphatic rings. The van der Waals surface area contributed by atoms with E-state index in [1.165, 1.54) is 11.1 Å². The van der Waals surface area contributed by atoms with Crippen LogP contribution < -0.4 is 9.44 Å². The van der Waals surface area contributed by atoms with Crippen molar-refractivity contribution >= 4 is 25.6 Å². The highest BCUT2D eigenvalue weighted by atomic mass is 32.2. The Morgan fingerprint density at radius 1 is 0.886 bits per heavy atom. The number of benzene rings is 2. The minimum atomic E-state index is -3.36. The zero-order valence-electron chi connectivity index (χ0n) is 20.9. The highest BCUT2D eigenvalue weighted by Gasteiger charge is 2.23. The van der Waals surface area contributed by atoms with Crippen molar-refractivity contribution in [2.24, 2.45) is 11.8 Å². The van der Waals surface area contributed by atoms with E-state index in [-0.39, 0.29) is 11.7 Å². The van der Waals surface area contributed by atoms with E-state index in [2.05, 4.69) is 46.7 Å². The minimum Gasteiger partial charge on any atom is -0.215 e. The third-order valence-corrected chi connectivity index (χ3v) is 9.91. The average Bonchev–Trinajstić information content (AvgIpc) is 2.83. The summed E-state index contributed by atoms with van der Waals surface area (Å²) in [6, 6.07) is 17.5. The summed E-state index contributed by atoms with van der Waals surface area (Å²) in [7, 11) is -6.58. The molecular formula is C27H38N2O4S2. The molecule has 1 aliphatic carbocycles. The van der Waals surface area contributed by atoms with Gasteiger partial charge in [0.15, 0.2) is 0 Å². The van der Waals surface area contributed by atoms with Gasteiger partial charge in [0.1, 0.15) is 0 Å². The Labute approximate surface area is 211 Å². The quantitative estimate of drug-likeness (QED) is 0.433. The molecule has 3 rings (SSSR count). The fourth-order valence-corrected chi connectivity index (χ4v) is 6.27. The molecule has 0 saturated carbocycles. The van der Waals surface area contributed by atoms with Gasteiger partial charge in [0, 0.05) is 13.1 Å². The van der Waals surface area contributed by atoms with Crippen LogP contribution in [0.5, 0.6) is 0 Å². The molecule has 0 bridgehead atoms. The maximum Gasteiger partial charge on any atom is 0.215 e. The maximum atomic E-state index is 12.3. The Bertz CT molecular complexity index is 1190. The molecule has 2 unspecified atom stereocenters. The van der Waals surface area contributed by atoms with Gasteiger partial charge in [-0.2, -0.15) is 0 Å². The lowest BCUT2D eigenvalue weighted by atomic mass is 9.80. The number of rotatable bonds is 12. The number of hydrogen-bond donors (Lipinski definition) is 2. The van der Waals surface area contributed by atoms with Gasteiger partial charge in [0.05, 0.1) is 11.0 Å². The van der Waals surface area contributed by atoms with Gasteiger partial charge in [0.25, 0.3) is 0 Å². The van der Waals surface area contributed by atoms with Gasteiger partial charge in [-0.3, -0.25) is 0 Å². The number of sulfonamides is 2. The molecule has 35 heavy (non-hydrogen) atoms. The van der Waals surface area contributed by atoms with Crippen LogP contribution in [-0.4, -0.2) is 35.2 Å². The van der Waals surface area contributed by atoms with Crippen LogP contribution in [0.15, 0.2) is 60.7 Å². The molecule has 2 N–H and O–H groups in total. The minimum absolute atomic E-state index is 0.00978. The first-order chi connectivity index (χ1) is 16.6. The summed E-state index contributed by atoms with van der Waals surface area (Å²) in [5.41, 5.74) is 4.39. The number of allylic oxidation sites excluding steroid dienone is 2. The van der Waals surface area contributed by atoms with E-state index in [9.17, 15) is 16.8 Å². The second-order valence-corrected chi connectivity index (χ2v) is 13.9. The van der Waals surface area contributed by atoms with Gasteiger partial charge >= 0.3 is 0 Å². The Morgan fingerprint density at radius 2 is 1.57 bits per heavy atom. The highest BCUT2D eigenvalue weighted by molar-refractivity contribution is 7.90. The molecule has 192 valence electrons. The highest BCUT2D eigenvalue weighted by Crippen LogP contribution is 2.34. The Kier molecular flexibility index (Phi) is 9.69. The predicted molar refractivity (Wildman–Crippen MR) is 144 cm³/mol. The fourth-order valence-electron chi connectivity index (χ4n) is 4.30. The summed E-state index contributed by atoms with van der Waals surface area (Å²) in [5, 5.41) is -0.412. The summed E-state index contributed by atoms with van der Waals surface area (Å²) in [6.07, 6.45) is 5.89. The molecule has 8 heteroatoms. The number of nitrogens with one attached hydrogen (secondary N) is 2. The molecule has 6 nitrogen and oxygen atoms in total. The molecule has 0 fully saturated rings. The van der Waals surface area contributed by atoms with E-state index in [0.717, 1.165) is 30.4 Å². The van der Waals surface area contributed by atoms with Gasteiger partial charge in [0.2, 0.25) is 20.0 Å². The van der Waals surface area contributed by atoms with Crippen molar-refractivity contribution in [2.45, 2.75) is 57.5 Å². The van der Waals surface area contributed by atoms with E-state index < -0.39 is 25.3 Å². The third kappa shape index (κ3) is 8.56. The fraction of sp³-hybridized carbons (Fsp3) is 0.481. The smallest absolute Gasteiger partial charge is 0.215 e. The van der Waals surface area contributed by atoms with Crippen molar-refractivity contribution in [3.63, 3.8) is 0 Å².